The van der Waals surface area contributed by atoms with Gasteiger partial charge in [-0.2, -0.15) is 0 Å². The molecule has 1 unspecified atom stereocenters. The predicted molar refractivity (Wildman–Crippen MR) is 169 cm³/mol. The molecule has 1 aromatic heterocycles. The summed E-state index contributed by atoms with van der Waals surface area (Å²) in [5, 5.41) is 0. The Bertz CT molecular complexity index is 2110. The van der Waals surface area contributed by atoms with Crippen LogP contribution in [-0.4, -0.2) is 18.8 Å². The van der Waals surface area contributed by atoms with E-state index < -0.39 is 0 Å². The molecule has 0 fully saturated rings. The van der Waals surface area contributed by atoms with Gasteiger partial charge in [-0.1, -0.05) is 72.0 Å². The summed E-state index contributed by atoms with van der Waals surface area (Å²) in [7, 11) is 3.20. The van der Waals surface area contributed by atoms with Gasteiger partial charge >= 0.3 is 0 Å². The van der Waals surface area contributed by atoms with Crippen LogP contribution in [0.15, 0.2) is 106 Å². The lowest BCUT2D eigenvalue weighted by Gasteiger charge is -2.31. The van der Waals surface area contributed by atoms with E-state index in [4.69, 9.17) is 19.2 Å². The molecule has 1 aliphatic carbocycles. The van der Waals surface area contributed by atoms with Gasteiger partial charge in [-0.3, -0.25) is 9.36 Å². The molecular weight excluding hydrogens is 575 g/mol. The van der Waals surface area contributed by atoms with Crippen LogP contribution in [0.1, 0.15) is 40.3 Å². The quantitative estimate of drug-likeness (QED) is 0.227. The lowest BCUT2D eigenvalue weighted by molar-refractivity contribution is 0.279. The van der Waals surface area contributed by atoms with Crippen LogP contribution in [0, 0.1) is 5.82 Å². The van der Waals surface area contributed by atoms with Crippen LogP contribution in [0.25, 0.3) is 11.8 Å². The second-order valence-corrected chi connectivity index (χ2v) is 11.7. The van der Waals surface area contributed by atoms with Crippen molar-refractivity contribution in [3.05, 3.63) is 150 Å². The highest BCUT2D eigenvalue weighted by Gasteiger charge is 2.32. The molecule has 0 saturated heterocycles. The Hall–Kier alpha value is -4.95. The van der Waals surface area contributed by atoms with Gasteiger partial charge < -0.3 is 14.2 Å². The number of rotatable bonds is 7. The number of aryl methyl sites for hydroxylation is 1. The number of nitrogens with zero attached hydrogens (tertiary/aromatic N) is 2. The first kappa shape index (κ1) is 27.9. The van der Waals surface area contributed by atoms with Crippen LogP contribution in [0.2, 0.25) is 0 Å². The third kappa shape index (κ3) is 5.01. The van der Waals surface area contributed by atoms with Gasteiger partial charge in [-0.25, -0.2) is 9.38 Å². The van der Waals surface area contributed by atoms with Crippen molar-refractivity contribution >= 4 is 23.1 Å². The maximum Gasteiger partial charge on any atom is 0.271 e. The number of allylic oxidation sites excluding steroid dienone is 1. The SMILES string of the molecule is COc1cccc(C2C3=C(N=c4s/c(=C/c5ccc(OCc6ccccc6F)c(OC)c5)c(=O)n42)c2ccccc2CC3)c1. The number of benzene rings is 4. The van der Waals surface area contributed by atoms with Gasteiger partial charge in [0.15, 0.2) is 16.3 Å². The molecule has 0 bridgehead atoms. The number of aromatic nitrogens is 1. The molecule has 6 nitrogen and oxygen atoms in total. The van der Waals surface area contributed by atoms with Crippen molar-refractivity contribution in [1.82, 2.24) is 4.57 Å². The van der Waals surface area contributed by atoms with Crippen LogP contribution in [0.5, 0.6) is 17.2 Å². The summed E-state index contributed by atoms with van der Waals surface area (Å²) in [6, 6.07) is 28.0. The fraction of sp³-hybridized carbons (Fsp3) is 0.167. The van der Waals surface area contributed by atoms with E-state index in [1.807, 2.05) is 53.1 Å². The Morgan fingerprint density at radius 2 is 1.77 bits per heavy atom. The van der Waals surface area contributed by atoms with Crippen molar-refractivity contribution in [3.63, 3.8) is 0 Å². The highest BCUT2D eigenvalue weighted by molar-refractivity contribution is 7.07. The minimum atomic E-state index is -0.323. The first-order chi connectivity index (χ1) is 21.5. The van der Waals surface area contributed by atoms with Gasteiger partial charge in [0.25, 0.3) is 5.56 Å². The highest BCUT2D eigenvalue weighted by Crippen LogP contribution is 2.41. The van der Waals surface area contributed by atoms with E-state index in [0.717, 1.165) is 46.6 Å². The fourth-order valence-corrected chi connectivity index (χ4v) is 6.95. The Kier molecular flexibility index (Phi) is 7.36. The zero-order valence-electron chi connectivity index (χ0n) is 24.2. The molecule has 0 saturated carbocycles. The number of thiazole rings is 1. The van der Waals surface area contributed by atoms with E-state index in [1.54, 1.807) is 38.5 Å². The number of hydrogen-bond donors (Lipinski definition) is 0. The number of halogens is 1. The van der Waals surface area contributed by atoms with E-state index in [1.165, 1.54) is 23.0 Å². The Labute approximate surface area is 257 Å². The molecule has 1 aliphatic heterocycles. The van der Waals surface area contributed by atoms with Crippen molar-refractivity contribution in [2.45, 2.75) is 25.5 Å². The van der Waals surface area contributed by atoms with Crippen molar-refractivity contribution in [2.75, 3.05) is 14.2 Å². The van der Waals surface area contributed by atoms with E-state index in [-0.39, 0.29) is 24.0 Å². The number of hydrogen-bond acceptors (Lipinski definition) is 6. The summed E-state index contributed by atoms with van der Waals surface area (Å²) in [4.78, 5) is 19.9. The molecule has 0 amide bonds. The maximum atomic E-state index is 14.1. The lowest BCUT2D eigenvalue weighted by atomic mass is 9.83. The second-order valence-electron chi connectivity index (χ2n) is 10.7. The summed E-state index contributed by atoms with van der Waals surface area (Å²) >= 11 is 1.37. The Morgan fingerprint density at radius 1 is 0.932 bits per heavy atom. The molecule has 220 valence electrons. The van der Waals surface area contributed by atoms with Crippen LogP contribution in [-0.2, 0) is 13.0 Å². The second kappa shape index (κ2) is 11.6. The summed E-state index contributed by atoms with van der Waals surface area (Å²) in [6.07, 6.45) is 3.56. The van der Waals surface area contributed by atoms with E-state index in [9.17, 15) is 9.18 Å². The minimum absolute atomic E-state index is 0.0685. The molecule has 0 radical (unpaired) electrons. The molecule has 4 aromatic carbocycles. The molecule has 5 aromatic rings. The normalized spacial score (nSPS) is 15.6. The monoisotopic (exact) mass is 604 g/mol. The van der Waals surface area contributed by atoms with Gasteiger partial charge in [0.05, 0.1) is 30.5 Å². The lowest BCUT2D eigenvalue weighted by Crippen LogP contribution is -2.38. The molecule has 2 heterocycles. The van der Waals surface area contributed by atoms with Gasteiger partial charge in [-0.05, 0) is 71.5 Å². The summed E-state index contributed by atoms with van der Waals surface area (Å²) in [6.45, 7) is 0.0685. The van der Waals surface area contributed by atoms with Crippen LogP contribution in [0.4, 0.5) is 4.39 Å². The Balaban J connectivity index is 1.32. The van der Waals surface area contributed by atoms with E-state index in [0.29, 0.717) is 26.4 Å². The molecular formula is C36H29FN2O4S. The van der Waals surface area contributed by atoms with Crippen LogP contribution in [0.3, 0.4) is 0 Å². The van der Waals surface area contributed by atoms with Crippen molar-refractivity contribution in [2.24, 2.45) is 4.99 Å². The van der Waals surface area contributed by atoms with Crippen LogP contribution >= 0.6 is 11.3 Å². The summed E-state index contributed by atoms with van der Waals surface area (Å²) in [5.74, 6) is 1.39. The smallest absolute Gasteiger partial charge is 0.271 e. The molecule has 8 heteroatoms. The fourth-order valence-electron chi connectivity index (χ4n) is 5.95. The number of fused-ring (bicyclic) bond motifs is 3. The molecule has 44 heavy (non-hydrogen) atoms. The van der Waals surface area contributed by atoms with Crippen molar-refractivity contribution in [1.29, 1.82) is 0 Å². The van der Waals surface area contributed by atoms with Gasteiger partial charge in [0.1, 0.15) is 18.2 Å². The van der Waals surface area contributed by atoms with E-state index >= 15 is 0 Å². The zero-order chi connectivity index (χ0) is 30.2. The standard InChI is InChI=1S/C36H29FN2O4S/c1-41-26-11-7-10-24(20-26)34-28-16-15-23-8-3-5-12-27(23)33(28)38-36-39(34)35(40)32(44-36)19-22-14-17-30(31(18-22)42-2)43-21-25-9-4-6-13-29(25)37/h3-14,17-20,34H,15-16,21H2,1-2H3/b32-19+. The van der Waals surface area contributed by atoms with Gasteiger partial charge in [0.2, 0.25) is 0 Å². The van der Waals surface area contributed by atoms with Crippen LogP contribution < -0.4 is 29.1 Å². The average Bonchev–Trinajstić information content (AvgIpc) is 3.37. The molecule has 7 rings (SSSR count). The Morgan fingerprint density at radius 3 is 2.61 bits per heavy atom. The first-order valence-electron chi connectivity index (χ1n) is 14.4. The van der Waals surface area contributed by atoms with E-state index in [2.05, 4.69) is 18.2 Å². The molecule has 0 spiro atoms. The van der Waals surface area contributed by atoms with Crippen molar-refractivity contribution < 1.29 is 18.6 Å². The number of methoxy groups -OCH3 is 2. The third-order valence-corrected chi connectivity index (χ3v) is 9.09. The average molecular weight is 605 g/mol. The summed E-state index contributed by atoms with van der Waals surface area (Å²) < 4.78 is 33.5. The third-order valence-electron chi connectivity index (χ3n) is 8.11. The zero-order valence-corrected chi connectivity index (χ0v) is 25.1. The topological polar surface area (TPSA) is 62.0 Å². The maximum absolute atomic E-state index is 14.1. The minimum Gasteiger partial charge on any atom is -0.497 e. The summed E-state index contributed by atoms with van der Waals surface area (Å²) in [5.41, 5.74) is 6.58. The molecule has 2 aliphatic rings. The largest absolute Gasteiger partial charge is 0.497 e. The van der Waals surface area contributed by atoms with Gasteiger partial charge in [-0.15, -0.1) is 0 Å². The van der Waals surface area contributed by atoms with Crippen molar-refractivity contribution in [3.8, 4) is 17.2 Å². The number of ether oxygens (including phenoxy) is 3. The van der Waals surface area contributed by atoms with Gasteiger partial charge in [0, 0.05) is 11.1 Å². The molecule has 0 N–H and O–H groups in total. The molecule has 1 atom stereocenters. The highest BCUT2D eigenvalue weighted by atomic mass is 32.1. The predicted octanol–water partition coefficient (Wildman–Crippen LogP) is 6.05. The first-order valence-corrected chi connectivity index (χ1v) is 15.2.